The van der Waals surface area contributed by atoms with Crippen molar-refractivity contribution in [3.63, 3.8) is 0 Å². The number of alkyl carbamates (subject to hydrolysis) is 2. The Bertz CT molecular complexity index is 2270. The highest BCUT2D eigenvalue weighted by Crippen LogP contribution is 2.54. The van der Waals surface area contributed by atoms with Crippen LogP contribution in [0.15, 0.2) is 60.9 Å². The van der Waals surface area contributed by atoms with E-state index < -0.39 is 30.4 Å². The largest absolute Gasteiger partial charge is 0.453 e. The van der Waals surface area contributed by atoms with Gasteiger partial charge in [0.1, 0.15) is 23.7 Å². The first-order valence-electron chi connectivity index (χ1n) is 20.2. The second-order valence-corrected chi connectivity index (χ2v) is 16.3. The molecule has 2 saturated heterocycles. The molecule has 15 heteroatoms. The van der Waals surface area contributed by atoms with Gasteiger partial charge in [-0.1, -0.05) is 50.0 Å². The number of hydrogen-bond acceptors (Lipinski definition) is 9. The van der Waals surface area contributed by atoms with Gasteiger partial charge in [-0.15, -0.1) is 0 Å². The Morgan fingerprint density at radius 2 is 1.08 bits per heavy atom. The summed E-state index contributed by atoms with van der Waals surface area (Å²) < 4.78 is 15.0. The van der Waals surface area contributed by atoms with Crippen LogP contribution < -0.4 is 10.6 Å². The van der Waals surface area contributed by atoms with E-state index in [1.165, 1.54) is 21.3 Å². The maximum atomic E-state index is 13.8. The number of amides is 4. The highest BCUT2D eigenvalue weighted by atomic mass is 16.5. The lowest BCUT2D eigenvalue weighted by Gasteiger charge is -2.32. The molecule has 4 heterocycles. The number of methoxy groups -OCH3 is 3. The van der Waals surface area contributed by atoms with E-state index in [9.17, 15) is 19.2 Å². The first-order valence-corrected chi connectivity index (χ1v) is 20.2. The molecule has 0 bridgehead atoms. The number of fused-ring (bicyclic) bond motifs is 2. The minimum atomic E-state index is -0.887. The van der Waals surface area contributed by atoms with E-state index in [-0.39, 0.29) is 41.9 Å². The van der Waals surface area contributed by atoms with E-state index in [1.807, 2.05) is 72.2 Å². The molecule has 15 nitrogen and oxygen atoms in total. The summed E-state index contributed by atoms with van der Waals surface area (Å²) in [6.07, 6.45) is 5.27. The van der Waals surface area contributed by atoms with Crippen LogP contribution >= 0.6 is 0 Å². The first kappa shape index (κ1) is 39.7. The number of aromatic amines is 2. The predicted molar refractivity (Wildman–Crippen MR) is 216 cm³/mol. The molecule has 0 radical (unpaired) electrons. The standard InChI is InChI=1S/C44H50N8O7/c1-23(2)37(49-43(55)58-5)41(53)51-33-17-29(33)19-35(51)39-45-21-31(47-39)27-13-9-25(10-14-27)7-8-26-11-15-28(16-12-26)32-22-46-40(48-32)36-20-30-18-34(30)52(36)42(54)38(24(3)57-4)50-44(56)59-6/h9-16,21-24,29-30,33-38H,17-20H2,1-6H3,(H,45,47)(H,46,48)(H,49,55)(H,50,56)/t24?,29-,30-,33-,34-,35+,36+,37+,38+/m1/s1. The number of rotatable bonds is 11. The van der Waals surface area contributed by atoms with E-state index >= 15 is 0 Å². The summed E-state index contributed by atoms with van der Waals surface area (Å²) in [6, 6.07) is 14.1. The van der Waals surface area contributed by atoms with Crippen LogP contribution in [0.1, 0.15) is 81.3 Å². The number of benzene rings is 2. The Morgan fingerprint density at radius 1 is 0.661 bits per heavy atom. The minimum Gasteiger partial charge on any atom is -0.453 e. The average Bonchev–Trinajstić information content (AvgIpc) is 3.83. The number of carbonyl (C=O) groups is 4. The molecule has 8 rings (SSSR count). The summed E-state index contributed by atoms with van der Waals surface area (Å²) in [5.41, 5.74) is 5.29. The third kappa shape index (κ3) is 8.01. The third-order valence-corrected chi connectivity index (χ3v) is 12.2. The molecule has 4 aromatic rings. The summed E-state index contributed by atoms with van der Waals surface area (Å²) >= 11 is 0. The van der Waals surface area contributed by atoms with Crippen molar-refractivity contribution >= 4 is 24.0 Å². The van der Waals surface area contributed by atoms with E-state index in [0.29, 0.717) is 17.7 Å². The third-order valence-electron chi connectivity index (χ3n) is 12.2. The van der Waals surface area contributed by atoms with Crippen LogP contribution in [0, 0.1) is 29.6 Å². The molecule has 2 aromatic heterocycles. The summed E-state index contributed by atoms with van der Waals surface area (Å²) in [6.45, 7) is 5.57. The number of imidazole rings is 2. The van der Waals surface area contributed by atoms with Crippen molar-refractivity contribution in [2.75, 3.05) is 21.3 Å². The van der Waals surface area contributed by atoms with Crippen molar-refractivity contribution in [1.82, 2.24) is 40.4 Å². The predicted octanol–water partition coefficient (Wildman–Crippen LogP) is 5.33. The molecular weight excluding hydrogens is 753 g/mol. The number of H-pyrrole nitrogens is 2. The zero-order chi connectivity index (χ0) is 41.5. The molecule has 2 saturated carbocycles. The van der Waals surface area contributed by atoms with E-state index in [2.05, 4.69) is 32.4 Å². The van der Waals surface area contributed by atoms with Gasteiger partial charge in [0.25, 0.3) is 0 Å². The van der Waals surface area contributed by atoms with Gasteiger partial charge in [-0.2, -0.15) is 0 Å². The number of hydrogen-bond donors (Lipinski definition) is 4. The second-order valence-electron chi connectivity index (χ2n) is 16.3. The van der Waals surface area contributed by atoms with Crippen LogP contribution in [-0.2, 0) is 23.8 Å². The van der Waals surface area contributed by atoms with Crippen molar-refractivity contribution in [1.29, 1.82) is 0 Å². The fourth-order valence-electron chi connectivity index (χ4n) is 8.67. The van der Waals surface area contributed by atoms with E-state index in [0.717, 1.165) is 65.1 Å². The number of nitrogens with one attached hydrogen (secondary N) is 4. The fourth-order valence-corrected chi connectivity index (χ4v) is 8.67. The van der Waals surface area contributed by atoms with Gasteiger partial charge in [0, 0.05) is 30.3 Å². The molecule has 4 aliphatic rings. The van der Waals surface area contributed by atoms with Crippen molar-refractivity contribution in [2.45, 2.75) is 88.8 Å². The lowest BCUT2D eigenvalue weighted by Crippen LogP contribution is -2.54. The molecule has 59 heavy (non-hydrogen) atoms. The van der Waals surface area contributed by atoms with Crippen LogP contribution in [0.3, 0.4) is 0 Å². The Hall–Kier alpha value is -6.14. The summed E-state index contributed by atoms with van der Waals surface area (Å²) in [5.74, 6) is 8.38. The molecule has 4 fully saturated rings. The molecule has 308 valence electrons. The molecule has 2 aliphatic carbocycles. The maximum absolute atomic E-state index is 13.8. The van der Waals surface area contributed by atoms with Crippen LogP contribution in [0.4, 0.5) is 9.59 Å². The van der Waals surface area contributed by atoms with Crippen molar-refractivity contribution < 1.29 is 33.4 Å². The van der Waals surface area contributed by atoms with Gasteiger partial charge in [0.05, 0.1) is 56.2 Å². The normalized spacial score (nSPS) is 23.9. The number of nitrogens with zero attached hydrogens (tertiary/aromatic N) is 4. The van der Waals surface area contributed by atoms with Gasteiger partial charge in [0.2, 0.25) is 11.8 Å². The van der Waals surface area contributed by atoms with Crippen LogP contribution in [0.5, 0.6) is 0 Å². The number of aromatic nitrogens is 4. The SMILES string of the molecule is COC(=O)N[C@H](C(=O)N1[C@@H]2C[C@@H]2C[C@H]1c1ncc(-c2ccc(C#Cc3ccc(-c4cnc([C@@H]5C[C@H]6C[C@H]6N5C(=O)[C@@H](NC(=O)OC)C(C)OC)[nH]4)cc3)cc2)[nH]1)C(C)C. The molecule has 1 unspecified atom stereocenters. The molecule has 9 atom stereocenters. The molecule has 0 spiro atoms. The second kappa shape index (κ2) is 16.2. The molecule has 4 amide bonds. The molecule has 2 aliphatic heterocycles. The molecule has 2 aromatic carbocycles. The minimum absolute atomic E-state index is 0.102. The zero-order valence-corrected chi connectivity index (χ0v) is 34.0. The first-order chi connectivity index (χ1) is 28.5. The van der Waals surface area contributed by atoms with Crippen LogP contribution in [0.2, 0.25) is 0 Å². The Kier molecular flexibility index (Phi) is 10.9. The highest BCUT2D eigenvalue weighted by molar-refractivity contribution is 5.88. The number of carbonyl (C=O) groups excluding carboxylic acids is 4. The number of piperidine rings is 2. The molecular formula is C44H50N8O7. The van der Waals surface area contributed by atoms with Crippen molar-refractivity contribution in [2.24, 2.45) is 17.8 Å². The monoisotopic (exact) mass is 802 g/mol. The van der Waals surface area contributed by atoms with E-state index in [1.54, 1.807) is 19.3 Å². The van der Waals surface area contributed by atoms with Gasteiger partial charge >= 0.3 is 12.2 Å². The van der Waals surface area contributed by atoms with Crippen LogP contribution in [0.25, 0.3) is 22.5 Å². The Labute approximate surface area is 343 Å². The fraction of sp³-hybridized carbons (Fsp3) is 0.455. The van der Waals surface area contributed by atoms with Gasteiger partial charge < -0.3 is 44.6 Å². The van der Waals surface area contributed by atoms with Gasteiger partial charge in [0.15, 0.2) is 0 Å². The van der Waals surface area contributed by atoms with Gasteiger partial charge in [-0.3, -0.25) is 9.59 Å². The summed E-state index contributed by atoms with van der Waals surface area (Å²) in [4.78, 5) is 71.7. The summed E-state index contributed by atoms with van der Waals surface area (Å²) in [5, 5.41) is 5.38. The molecule has 4 N–H and O–H groups in total. The lowest BCUT2D eigenvalue weighted by atomic mass is 10.0. The lowest BCUT2D eigenvalue weighted by molar-refractivity contribution is -0.139. The van der Waals surface area contributed by atoms with Crippen molar-refractivity contribution in [3.8, 4) is 34.4 Å². The van der Waals surface area contributed by atoms with Crippen LogP contribution in [-0.4, -0.2) is 105 Å². The number of ether oxygens (including phenoxy) is 3. The summed E-state index contributed by atoms with van der Waals surface area (Å²) in [7, 11) is 4.07. The topological polar surface area (TPSA) is 184 Å². The zero-order valence-electron chi connectivity index (χ0n) is 34.0. The quantitative estimate of drug-likeness (QED) is 0.146. The average molecular weight is 803 g/mol. The van der Waals surface area contributed by atoms with E-state index in [4.69, 9.17) is 24.2 Å². The van der Waals surface area contributed by atoms with Gasteiger partial charge in [-0.25, -0.2) is 19.6 Å². The maximum Gasteiger partial charge on any atom is 0.407 e. The Morgan fingerprint density at radius 3 is 1.49 bits per heavy atom. The van der Waals surface area contributed by atoms with Crippen molar-refractivity contribution in [3.05, 3.63) is 83.7 Å². The Balaban J connectivity index is 0.904. The highest BCUT2D eigenvalue weighted by Gasteiger charge is 2.57. The van der Waals surface area contributed by atoms with Gasteiger partial charge in [-0.05, 0) is 85.8 Å². The number of likely N-dealkylation sites (tertiary alicyclic amines) is 2. The smallest absolute Gasteiger partial charge is 0.407 e.